The van der Waals surface area contributed by atoms with Crippen LogP contribution in [0.5, 0.6) is 5.75 Å². The highest BCUT2D eigenvalue weighted by atomic mass is 16.5. The zero-order chi connectivity index (χ0) is 19.4. The van der Waals surface area contributed by atoms with Gasteiger partial charge in [-0.2, -0.15) is 0 Å². The average molecular weight is 369 g/mol. The fourth-order valence-corrected chi connectivity index (χ4v) is 3.74. The van der Waals surface area contributed by atoms with Gasteiger partial charge in [-0.15, -0.1) is 0 Å². The zero-order valence-electron chi connectivity index (χ0n) is 16.3. The topological polar surface area (TPSA) is 68.4 Å². The number of carbonyl (C=O) groups is 2. The van der Waals surface area contributed by atoms with Crippen molar-refractivity contribution in [3.05, 3.63) is 52.3 Å². The van der Waals surface area contributed by atoms with Crippen molar-refractivity contribution < 1.29 is 19.1 Å². The third kappa shape index (κ3) is 4.07. The minimum absolute atomic E-state index is 0.0795. The number of hydrogen-bond acceptors (Lipinski definition) is 4. The van der Waals surface area contributed by atoms with E-state index in [0.29, 0.717) is 36.3 Å². The van der Waals surface area contributed by atoms with E-state index < -0.39 is 0 Å². The smallest absolute Gasteiger partial charge is 0.355 e. The van der Waals surface area contributed by atoms with Crippen LogP contribution < -0.4 is 4.74 Å². The zero-order valence-corrected chi connectivity index (χ0v) is 16.3. The van der Waals surface area contributed by atoms with E-state index in [9.17, 15) is 9.59 Å². The van der Waals surface area contributed by atoms with E-state index in [1.165, 1.54) is 0 Å². The molecule has 1 aliphatic carbocycles. The molecule has 1 aliphatic rings. The third-order valence-corrected chi connectivity index (χ3v) is 5.26. The molecule has 0 radical (unpaired) electrons. The lowest BCUT2D eigenvalue weighted by Gasteiger charge is -2.22. The number of methoxy groups -OCH3 is 1. The molecule has 1 aromatic carbocycles. The van der Waals surface area contributed by atoms with Gasteiger partial charge in [0.2, 0.25) is 0 Å². The monoisotopic (exact) mass is 369 g/mol. The number of nitrogens with one attached hydrogen (secondary N) is 1. The van der Waals surface area contributed by atoms with Gasteiger partial charge in [0.05, 0.1) is 13.7 Å². The van der Waals surface area contributed by atoms with E-state index in [1.54, 1.807) is 7.11 Å². The summed E-state index contributed by atoms with van der Waals surface area (Å²) in [5.74, 6) is 0.607. The number of rotatable bonds is 7. The van der Waals surface area contributed by atoms with E-state index in [2.05, 4.69) is 11.9 Å². The minimum atomic E-state index is -0.369. The SMILES string of the molecule is CCCCCOC(=O)c1[nH]c2c(c1C)C(=O)C[C@@H](c1ccc(OC)cc1)C2. The molecule has 1 aromatic heterocycles. The molecule has 1 N–H and O–H groups in total. The molecular formula is C22H27NO4. The summed E-state index contributed by atoms with van der Waals surface area (Å²) in [6, 6.07) is 7.82. The summed E-state index contributed by atoms with van der Waals surface area (Å²) in [4.78, 5) is 28.3. The van der Waals surface area contributed by atoms with Gasteiger partial charge < -0.3 is 14.5 Å². The summed E-state index contributed by atoms with van der Waals surface area (Å²) in [5.41, 5.74) is 3.74. The fraction of sp³-hybridized carbons (Fsp3) is 0.455. The second-order valence-corrected chi connectivity index (χ2v) is 7.12. The number of carbonyl (C=O) groups excluding carboxylic acids is 2. The van der Waals surface area contributed by atoms with Crippen LogP contribution in [0.2, 0.25) is 0 Å². The summed E-state index contributed by atoms with van der Waals surface area (Å²) in [6.07, 6.45) is 4.13. The molecule has 0 amide bonds. The number of ether oxygens (including phenoxy) is 2. The largest absolute Gasteiger partial charge is 0.497 e. The highest BCUT2D eigenvalue weighted by molar-refractivity contribution is 6.03. The van der Waals surface area contributed by atoms with Crippen LogP contribution in [0.25, 0.3) is 0 Å². The van der Waals surface area contributed by atoms with Crippen molar-refractivity contribution in [1.29, 1.82) is 0 Å². The predicted molar refractivity (Wildman–Crippen MR) is 104 cm³/mol. The van der Waals surface area contributed by atoms with Crippen molar-refractivity contribution in [2.75, 3.05) is 13.7 Å². The number of unbranched alkanes of at least 4 members (excludes halogenated alkanes) is 2. The normalized spacial score (nSPS) is 16.1. The molecule has 0 saturated heterocycles. The molecule has 3 rings (SSSR count). The molecule has 1 atom stereocenters. The maximum Gasteiger partial charge on any atom is 0.355 e. The van der Waals surface area contributed by atoms with E-state index >= 15 is 0 Å². The van der Waals surface area contributed by atoms with Gasteiger partial charge in [0, 0.05) is 17.7 Å². The Morgan fingerprint density at radius 2 is 1.93 bits per heavy atom. The van der Waals surface area contributed by atoms with E-state index in [4.69, 9.17) is 9.47 Å². The molecule has 0 aliphatic heterocycles. The predicted octanol–water partition coefficient (Wildman–Crippen LogP) is 4.59. The number of ketones is 1. The van der Waals surface area contributed by atoms with E-state index in [0.717, 1.165) is 36.3 Å². The molecule has 0 unspecified atom stereocenters. The third-order valence-electron chi connectivity index (χ3n) is 5.26. The van der Waals surface area contributed by atoms with Crippen LogP contribution in [-0.4, -0.2) is 30.5 Å². The van der Waals surface area contributed by atoms with Gasteiger partial charge in [-0.05, 0) is 48.9 Å². The molecule has 5 heteroatoms. The average Bonchev–Trinajstić information content (AvgIpc) is 3.02. The minimum Gasteiger partial charge on any atom is -0.497 e. The fourth-order valence-electron chi connectivity index (χ4n) is 3.74. The first kappa shape index (κ1) is 19.2. The van der Waals surface area contributed by atoms with Crippen molar-refractivity contribution in [2.24, 2.45) is 0 Å². The number of benzene rings is 1. The van der Waals surface area contributed by atoms with Crippen LogP contribution in [0, 0.1) is 6.92 Å². The molecule has 2 aromatic rings. The highest BCUT2D eigenvalue weighted by Gasteiger charge is 2.32. The Balaban J connectivity index is 1.77. The first-order valence-corrected chi connectivity index (χ1v) is 9.60. The number of hydrogen-bond donors (Lipinski definition) is 1. The summed E-state index contributed by atoms with van der Waals surface area (Å²) < 4.78 is 10.6. The van der Waals surface area contributed by atoms with Gasteiger partial charge in [0.1, 0.15) is 11.4 Å². The van der Waals surface area contributed by atoms with Gasteiger partial charge in [0.25, 0.3) is 0 Å². The first-order chi connectivity index (χ1) is 13.0. The molecule has 5 nitrogen and oxygen atoms in total. The van der Waals surface area contributed by atoms with Crippen molar-refractivity contribution >= 4 is 11.8 Å². The van der Waals surface area contributed by atoms with E-state index in [1.807, 2.05) is 31.2 Å². The summed E-state index contributed by atoms with van der Waals surface area (Å²) in [6.45, 7) is 4.34. The Morgan fingerprint density at radius 3 is 2.59 bits per heavy atom. The molecule has 0 fully saturated rings. The molecule has 0 spiro atoms. The lowest BCUT2D eigenvalue weighted by atomic mass is 9.81. The van der Waals surface area contributed by atoms with Crippen molar-refractivity contribution in [2.45, 2.75) is 51.9 Å². The molecule has 0 saturated carbocycles. The van der Waals surface area contributed by atoms with E-state index in [-0.39, 0.29) is 17.7 Å². The Morgan fingerprint density at radius 1 is 1.19 bits per heavy atom. The van der Waals surface area contributed by atoms with Crippen molar-refractivity contribution in [3.63, 3.8) is 0 Å². The number of aromatic amines is 1. The van der Waals surface area contributed by atoms with Gasteiger partial charge in [-0.1, -0.05) is 31.9 Å². The number of fused-ring (bicyclic) bond motifs is 1. The molecule has 27 heavy (non-hydrogen) atoms. The Kier molecular flexibility index (Phi) is 5.99. The summed E-state index contributed by atoms with van der Waals surface area (Å²) >= 11 is 0. The van der Waals surface area contributed by atoms with Gasteiger partial charge in [-0.25, -0.2) is 4.79 Å². The number of Topliss-reactive ketones (excluding diaryl/α,β-unsaturated/α-hetero) is 1. The molecular weight excluding hydrogens is 342 g/mol. The van der Waals surface area contributed by atoms with Crippen LogP contribution in [0.15, 0.2) is 24.3 Å². The lowest BCUT2D eigenvalue weighted by molar-refractivity contribution is 0.0491. The standard InChI is InChI=1S/C22H27NO4/c1-4-5-6-11-27-22(25)21-14(2)20-18(23-21)12-16(13-19(20)24)15-7-9-17(26-3)10-8-15/h7-10,16,23H,4-6,11-13H2,1-3H3/t16-/m0/s1. The van der Waals surface area contributed by atoms with Crippen LogP contribution >= 0.6 is 0 Å². The van der Waals surface area contributed by atoms with Gasteiger partial charge in [-0.3, -0.25) is 4.79 Å². The summed E-state index contributed by atoms with van der Waals surface area (Å²) in [5, 5.41) is 0. The molecule has 1 heterocycles. The van der Waals surface area contributed by atoms with Gasteiger partial charge >= 0.3 is 5.97 Å². The van der Waals surface area contributed by atoms with Crippen molar-refractivity contribution in [1.82, 2.24) is 4.98 Å². The maximum atomic E-state index is 12.8. The highest BCUT2D eigenvalue weighted by Crippen LogP contribution is 2.35. The van der Waals surface area contributed by atoms with Gasteiger partial charge in [0.15, 0.2) is 5.78 Å². The Bertz CT molecular complexity index is 820. The second-order valence-electron chi connectivity index (χ2n) is 7.12. The molecule has 0 bridgehead atoms. The first-order valence-electron chi connectivity index (χ1n) is 9.60. The van der Waals surface area contributed by atoms with Crippen LogP contribution in [0.1, 0.15) is 76.2 Å². The van der Waals surface area contributed by atoms with Crippen LogP contribution in [0.3, 0.4) is 0 Å². The quantitative estimate of drug-likeness (QED) is 0.572. The number of aromatic nitrogens is 1. The number of esters is 1. The number of H-pyrrole nitrogens is 1. The van der Waals surface area contributed by atoms with Crippen molar-refractivity contribution in [3.8, 4) is 5.75 Å². The Labute approximate surface area is 160 Å². The lowest BCUT2D eigenvalue weighted by Crippen LogP contribution is -2.18. The Hall–Kier alpha value is -2.56. The maximum absolute atomic E-state index is 12.8. The van der Waals surface area contributed by atoms with Crippen LogP contribution in [0.4, 0.5) is 0 Å². The van der Waals surface area contributed by atoms with Crippen LogP contribution in [-0.2, 0) is 11.2 Å². The molecule has 144 valence electrons. The summed E-state index contributed by atoms with van der Waals surface area (Å²) in [7, 11) is 1.63. The second kappa shape index (κ2) is 8.42.